The summed E-state index contributed by atoms with van der Waals surface area (Å²) in [7, 11) is 0. The number of carbonyl (C=O) groups is 2. The summed E-state index contributed by atoms with van der Waals surface area (Å²) in [6.07, 6.45) is -6.37. The third kappa shape index (κ3) is 7.14. The van der Waals surface area contributed by atoms with Gasteiger partial charge in [-0.2, -0.15) is 27.1 Å². The van der Waals surface area contributed by atoms with Crippen molar-refractivity contribution in [1.82, 2.24) is 14.8 Å². The fourth-order valence-corrected chi connectivity index (χ4v) is 6.62. The van der Waals surface area contributed by atoms with E-state index < -0.39 is 112 Å². The summed E-state index contributed by atoms with van der Waals surface area (Å²) in [5.74, 6) is -9.58. The lowest BCUT2D eigenvalue weighted by Gasteiger charge is -2.21. The van der Waals surface area contributed by atoms with Gasteiger partial charge in [-0.25, -0.2) is 22.5 Å². The van der Waals surface area contributed by atoms with Crippen LogP contribution in [0.15, 0.2) is 42.5 Å². The Labute approximate surface area is 289 Å². The summed E-state index contributed by atoms with van der Waals surface area (Å²) in [6.45, 7) is 1.68. The highest BCUT2D eigenvalue weighted by atomic mass is 19.4. The van der Waals surface area contributed by atoms with Gasteiger partial charge in [0.15, 0.2) is 23.1 Å². The molecule has 1 fully saturated rings. The molecule has 3 N–H and O–H groups in total. The second-order valence-corrected chi connectivity index (χ2v) is 13.4. The van der Waals surface area contributed by atoms with E-state index in [4.69, 9.17) is 5.73 Å². The van der Waals surface area contributed by atoms with Crippen LogP contribution in [0.1, 0.15) is 82.8 Å². The molecule has 0 aliphatic heterocycles. The first kappa shape index (κ1) is 36.6. The van der Waals surface area contributed by atoms with Crippen molar-refractivity contribution < 1.29 is 54.2 Å². The lowest BCUT2D eigenvalue weighted by atomic mass is 9.86. The highest BCUT2D eigenvalue weighted by Crippen LogP contribution is 2.68. The Hall–Kier alpha value is -5.17. The molecule has 7 nitrogen and oxygen atoms in total. The van der Waals surface area contributed by atoms with Crippen LogP contribution in [0.5, 0.6) is 0 Å². The third-order valence-corrected chi connectivity index (χ3v) is 8.82. The van der Waals surface area contributed by atoms with Crippen molar-refractivity contribution in [2.75, 3.05) is 0 Å². The molecule has 2 heterocycles. The molecule has 0 spiro atoms. The maximum atomic E-state index is 15.2. The molecule has 0 radical (unpaired) electrons. The lowest BCUT2D eigenvalue weighted by Crippen LogP contribution is -2.24. The summed E-state index contributed by atoms with van der Waals surface area (Å²) in [4.78, 5) is 30.1. The minimum atomic E-state index is -5.09. The van der Waals surface area contributed by atoms with Crippen LogP contribution in [0.25, 0.3) is 11.1 Å². The second-order valence-electron chi connectivity index (χ2n) is 13.4. The van der Waals surface area contributed by atoms with Gasteiger partial charge in [-0.15, -0.1) is 0 Å². The number of benzene rings is 2. The number of halogens is 9. The maximum Gasteiger partial charge on any atom is 0.435 e. The normalized spacial score (nSPS) is 17.9. The smallest absolute Gasteiger partial charge is 0.378 e. The first-order valence-electron chi connectivity index (χ1n) is 15.7. The molecule has 272 valence electrons. The van der Waals surface area contributed by atoms with E-state index in [1.807, 2.05) is 0 Å². The Balaban J connectivity index is 1.48. The van der Waals surface area contributed by atoms with E-state index in [2.05, 4.69) is 21.9 Å². The molecule has 4 aromatic rings. The number of nitrogens with two attached hydrogens (primary N) is 1. The van der Waals surface area contributed by atoms with Gasteiger partial charge >= 0.3 is 6.18 Å². The van der Waals surface area contributed by atoms with Gasteiger partial charge < -0.3 is 10.8 Å². The zero-order chi connectivity index (χ0) is 38.1. The number of fused-ring (bicyclic) bond motifs is 3. The standard InChI is InChI=1S/C36H27F9N4O3/c1-34(2,52)6-5-21-3-4-23(17-11-25(33(46)51)29(40)27(39)12-17)30(47-21)18(7-16-8-19(37)13-20(38)9-16)10-22(50)15-49-32-28(31(48-49)36(43,44)45)24-14-26(24)35(32,41)42/h3-4,8-9,11-13,18,24,26,52H,7,10,14-15H2,1-2H3,(H2,46,51)/t18-,24+,26-/m1/s1. The Morgan fingerprint density at radius 3 is 2.35 bits per heavy atom. The molecule has 2 aromatic carbocycles. The van der Waals surface area contributed by atoms with Crippen LogP contribution in [0.4, 0.5) is 39.5 Å². The molecule has 6 rings (SSSR count). The molecule has 1 saturated carbocycles. The Morgan fingerprint density at radius 1 is 1.06 bits per heavy atom. The van der Waals surface area contributed by atoms with E-state index in [0.29, 0.717) is 16.8 Å². The fourth-order valence-electron chi connectivity index (χ4n) is 6.62. The van der Waals surface area contributed by atoms with Crippen LogP contribution >= 0.6 is 0 Å². The second kappa shape index (κ2) is 12.8. The van der Waals surface area contributed by atoms with Gasteiger partial charge in [0.1, 0.15) is 35.2 Å². The van der Waals surface area contributed by atoms with Crippen molar-refractivity contribution in [3.63, 3.8) is 0 Å². The van der Waals surface area contributed by atoms with Crippen molar-refractivity contribution in [2.45, 2.75) is 69.2 Å². The number of rotatable bonds is 9. The summed E-state index contributed by atoms with van der Waals surface area (Å²) < 4.78 is 130. The summed E-state index contributed by atoms with van der Waals surface area (Å²) >= 11 is 0. The summed E-state index contributed by atoms with van der Waals surface area (Å²) in [5, 5.41) is 13.5. The van der Waals surface area contributed by atoms with Gasteiger partial charge in [0.2, 0.25) is 0 Å². The molecule has 2 aromatic heterocycles. The number of ketones is 1. The van der Waals surface area contributed by atoms with Crippen LogP contribution in [-0.4, -0.2) is 37.2 Å². The van der Waals surface area contributed by atoms with Gasteiger partial charge in [0.25, 0.3) is 11.8 Å². The molecule has 1 amide bonds. The number of hydrogen-bond acceptors (Lipinski definition) is 5. The van der Waals surface area contributed by atoms with Crippen LogP contribution in [0, 0.1) is 41.0 Å². The number of amides is 1. The maximum absolute atomic E-state index is 15.2. The first-order valence-corrected chi connectivity index (χ1v) is 15.7. The first-order chi connectivity index (χ1) is 24.1. The van der Waals surface area contributed by atoms with Gasteiger partial charge in [-0.3, -0.25) is 14.3 Å². The third-order valence-electron chi connectivity index (χ3n) is 8.82. The number of alkyl halides is 5. The Morgan fingerprint density at radius 2 is 1.73 bits per heavy atom. The van der Waals surface area contributed by atoms with Crippen molar-refractivity contribution in [2.24, 2.45) is 11.7 Å². The number of nitrogens with zero attached hydrogens (tertiary/aromatic N) is 3. The molecular weight excluding hydrogens is 707 g/mol. The van der Waals surface area contributed by atoms with E-state index in [9.17, 15) is 45.4 Å². The lowest BCUT2D eigenvalue weighted by molar-refractivity contribution is -0.142. The Kier molecular flexibility index (Phi) is 9.01. The number of aromatic nitrogens is 3. The minimum absolute atomic E-state index is 0.0369. The zero-order valence-electron chi connectivity index (χ0n) is 27.2. The van der Waals surface area contributed by atoms with Crippen molar-refractivity contribution in [1.29, 1.82) is 0 Å². The average Bonchev–Trinajstić information content (AvgIpc) is 3.68. The molecule has 16 heteroatoms. The number of Topliss-reactive ketones (excluding diaryl/α,β-unsaturated/α-hetero) is 1. The topological polar surface area (TPSA) is 111 Å². The van der Waals surface area contributed by atoms with Crippen LogP contribution in [0.3, 0.4) is 0 Å². The van der Waals surface area contributed by atoms with Gasteiger partial charge in [0, 0.05) is 35.4 Å². The predicted octanol–water partition coefficient (Wildman–Crippen LogP) is 6.94. The fraction of sp³-hybridized carbons (Fsp3) is 0.333. The van der Waals surface area contributed by atoms with Crippen molar-refractivity contribution >= 4 is 11.7 Å². The number of pyridine rings is 1. The van der Waals surface area contributed by atoms with Crippen LogP contribution < -0.4 is 5.73 Å². The number of carbonyl (C=O) groups excluding carboxylic acids is 2. The SMILES string of the molecule is CC(C)(O)C#Cc1ccc(-c2cc(F)c(F)c(C(N)=O)c2)c([C@@H](CC(=O)Cn2nc(C(F)(F)F)c3c2C(F)(F)[C@@H]2C[C@H]32)Cc2cc(F)cc(F)c2)n1. The summed E-state index contributed by atoms with van der Waals surface area (Å²) in [6, 6.07) is 6.67. The van der Waals surface area contributed by atoms with Gasteiger partial charge in [-0.1, -0.05) is 5.92 Å². The highest BCUT2D eigenvalue weighted by molar-refractivity contribution is 5.94. The molecular formula is C36H27F9N4O3. The highest BCUT2D eigenvalue weighted by Gasteiger charge is 2.68. The van der Waals surface area contributed by atoms with Gasteiger partial charge in [-0.05, 0) is 86.1 Å². The quantitative estimate of drug-likeness (QED) is 0.143. The minimum Gasteiger partial charge on any atom is -0.378 e. The Bertz CT molecular complexity index is 2180. The number of primary amides is 1. The molecule has 52 heavy (non-hydrogen) atoms. The van der Waals surface area contributed by atoms with E-state index in [1.165, 1.54) is 26.0 Å². The van der Waals surface area contributed by atoms with E-state index in [-0.39, 0.29) is 34.5 Å². The average molecular weight is 735 g/mol. The monoisotopic (exact) mass is 734 g/mol. The van der Waals surface area contributed by atoms with Crippen LogP contribution in [0.2, 0.25) is 0 Å². The summed E-state index contributed by atoms with van der Waals surface area (Å²) in [5.41, 5.74) is -0.757. The zero-order valence-corrected chi connectivity index (χ0v) is 27.2. The number of aliphatic hydroxyl groups is 1. The molecule has 2 aliphatic carbocycles. The molecule has 3 atom stereocenters. The molecule has 2 aliphatic rings. The molecule has 0 bridgehead atoms. The van der Waals surface area contributed by atoms with E-state index in [0.717, 1.165) is 18.2 Å². The largest absolute Gasteiger partial charge is 0.435 e. The van der Waals surface area contributed by atoms with Crippen molar-refractivity contribution in [3.05, 3.63) is 105 Å². The predicted molar refractivity (Wildman–Crippen MR) is 166 cm³/mol. The molecule has 0 saturated heterocycles. The van der Waals surface area contributed by atoms with Crippen LogP contribution in [-0.2, 0) is 29.9 Å². The van der Waals surface area contributed by atoms with E-state index in [1.54, 1.807) is 0 Å². The van der Waals surface area contributed by atoms with E-state index >= 15 is 8.78 Å². The van der Waals surface area contributed by atoms with Crippen molar-refractivity contribution in [3.8, 4) is 23.0 Å². The molecule has 0 unspecified atom stereocenters. The number of hydrogen-bond donors (Lipinski definition) is 2. The van der Waals surface area contributed by atoms with Gasteiger partial charge in [0.05, 0.1) is 11.3 Å².